The van der Waals surface area contributed by atoms with E-state index in [9.17, 15) is 10.5 Å². The van der Waals surface area contributed by atoms with E-state index in [1.807, 2.05) is 49.2 Å². The summed E-state index contributed by atoms with van der Waals surface area (Å²) in [5.41, 5.74) is 12.4. The van der Waals surface area contributed by atoms with Gasteiger partial charge in [0.1, 0.15) is 35.4 Å². The monoisotopic (exact) mass is 1040 g/mol. The molecule has 1 aromatic carbocycles. The highest BCUT2D eigenvalue weighted by Gasteiger charge is 2.25. The number of benzene rings is 1. The minimum atomic E-state index is -0.526. The van der Waals surface area contributed by atoms with Gasteiger partial charge in [-0.05, 0) is 102 Å². The van der Waals surface area contributed by atoms with Gasteiger partial charge in [0.25, 0.3) is 0 Å². The molecular weight excluding hydrogens is 985 g/mol. The Morgan fingerprint density at radius 1 is 0.538 bits per heavy atom. The standard InChI is InChI=1S/C60H59F2N15O/c1-70-13-9-43(10-14-70)47-27-51(59-49(29-63)34-68-76(59)38-47)45-5-7-57(66-32-45)75-23-19-73(20-24-75)40-53-54(61)25-42(26-55(53)62)37-71-15-11-44(12-16-71)48-28-52(60-50(30-64)35-69-77(60)39-48)46-4-6-56(65-33-46)74-21-17-72(18-22-74)36-41-3-8-58(78-2)67-31-41/h3-9,11,25-28,31-35,38-39H,10,12-24,36-37,40H2,1-2H3. The molecule has 0 N–H and O–H groups in total. The molecule has 16 nitrogen and oxygen atoms in total. The average molecular weight is 1040 g/mol. The topological polar surface area (TPSA) is 150 Å². The summed E-state index contributed by atoms with van der Waals surface area (Å²) in [5.74, 6) is 1.30. The van der Waals surface area contributed by atoms with Crippen molar-refractivity contribution in [1.82, 2.24) is 53.8 Å². The number of ether oxygens (including phenoxy) is 1. The SMILES string of the molecule is COc1ccc(CN2CCN(c3ccc(-c4cc(C5=CCN(Cc6cc(F)c(CN7CCN(c8ccc(-c9cc(C%10=CCN(C)CC%10)cn%10ncc(C#N)c9%10)cn8)CC7)c(F)c6)CC5)cn5ncc(C#N)c45)cn3)CC2)cn1. The number of aromatic nitrogens is 7. The molecule has 4 aliphatic rings. The molecule has 0 bridgehead atoms. The number of fused-ring (bicyclic) bond motifs is 2. The van der Waals surface area contributed by atoms with Crippen LogP contribution in [0.4, 0.5) is 20.4 Å². The molecule has 78 heavy (non-hydrogen) atoms. The van der Waals surface area contributed by atoms with Crippen molar-refractivity contribution in [2.45, 2.75) is 32.5 Å². The molecule has 0 saturated carbocycles. The van der Waals surface area contributed by atoms with Crippen LogP contribution >= 0.6 is 0 Å². The number of rotatable bonds is 13. The van der Waals surface area contributed by atoms with Crippen LogP contribution in [-0.4, -0.2) is 146 Å². The first-order valence-electron chi connectivity index (χ1n) is 26.6. The van der Waals surface area contributed by atoms with Crippen molar-refractivity contribution in [1.29, 1.82) is 10.5 Å². The van der Waals surface area contributed by atoms with Gasteiger partial charge in [-0.3, -0.25) is 14.7 Å². The lowest BCUT2D eigenvalue weighted by Crippen LogP contribution is -2.46. The lowest BCUT2D eigenvalue weighted by atomic mass is 9.96. The van der Waals surface area contributed by atoms with Crippen LogP contribution in [0.25, 0.3) is 44.4 Å². The largest absolute Gasteiger partial charge is 0.481 e. The lowest BCUT2D eigenvalue weighted by molar-refractivity contribution is 0.242. The predicted octanol–water partition coefficient (Wildman–Crippen LogP) is 8.18. The third-order valence-corrected chi connectivity index (χ3v) is 15.8. The van der Waals surface area contributed by atoms with E-state index in [1.54, 1.807) is 28.5 Å². The Bertz CT molecular complexity index is 3630. The number of halogens is 2. The van der Waals surface area contributed by atoms with Crippen molar-refractivity contribution in [3.05, 3.63) is 167 Å². The molecule has 4 aliphatic heterocycles. The zero-order chi connectivity index (χ0) is 53.3. The number of anilines is 2. The molecule has 18 heteroatoms. The van der Waals surface area contributed by atoms with Crippen molar-refractivity contribution in [2.75, 3.05) is 102 Å². The van der Waals surface area contributed by atoms with Crippen LogP contribution in [0.1, 0.15) is 51.8 Å². The van der Waals surface area contributed by atoms with Gasteiger partial charge < -0.3 is 19.4 Å². The maximum atomic E-state index is 15.9. The molecule has 0 aliphatic carbocycles. The molecule has 394 valence electrons. The van der Waals surface area contributed by atoms with Gasteiger partial charge in [0.05, 0.1) is 41.7 Å². The number of methoxy groups -OCH3 is 1. The summed E-state index contributed by atoms with van der Waals surface area (Å²) in [6, 6.07) is 24.0. The molecule has 0 unspecified atom stereocenters. The van der Waals surface area contributed by atoms with Gasteiger partial charge in [-0.25, -0.2) is 32.8 Å². The Morgan fingerprint density at radius 2 is 1.08 bits per heavy atom. The smallest absolute Gasteiger partial charge is 0.212 e. The van der Waals surface area contributed by atoms with Gasteiger partial charge in [-0.1, -0.05) is 18.2 Å². The first-order chi connectivity index (χ1) is 38.2. The zero-order valence-electron chi connectivity index (χ0n) is 43.9. The lowest BCUT2D eigenvalue weighted by Gasteiger charge is -2.35. The van der Waals surface area contributed by atoms with E-state index < -0.39 is 11.6 Å². The molecule has 2 fully saturated rings. The van der Waals surface area contributed by atoms with E-state index in [0.29, 0.717) is 68.4 Å². The van der Waals surface area contributed by atoms with Crippen molar-refractivity contribution >= 4 is 33.8 Å². The Morgan fingerprint density at radius 3 is 1.54 bits per heavy atom. The number of hydrogen-bond acceptors (Lipinski definition) is 14. The number of piperazine rings is 2. The van der Waals surface area contributed by atoms with Crippen LogP contribution in [0.5, 0.6) is 5.88 Å². The summed E-state index contributed by atoms with van der Waals surface area (Å²) in [5, 5.41) is 29.1. The normalized spacial score (nSPS) is 17.1. The van der Waals surface area contributed by atoms with Gasteiger partial charge in [-0.15, -0.1) is 0 Å². The second kappa shape index (κ2) is 21.9. The molecule has 0 atom stereocenters. The van der Waals surface area contributed by atoms with Crippen LogP contribution in [0.15, 0.2) is 116 Å². The zero-order valence-corrected chi connectivity index (χ0v) is 43.9. The first kappa shape index (κ1) is 50.4. The van der Waals surface area contributed by atoms with Crippen LogP contribution in [0.2, 0.25) is 0 Å². The minimum absolute atomic E-state index is 0.0866. The number of likely N-dealkylation sites (N-methyl/N-ethyl adjacent to an activating group) is 1. The first-order valence-corrected chi connectivity index (χ1v) is 26.6. The second-order valence-electron chi connectivity index (χ2n) is 20.8. The summed E-state index contributed by atoms with van der Waals surface area (Å²) in [6.07, 6.45) is 18.9. The summed E-state index contributed by atoms with van der Waals surface area (Å²) in [6.45, 7) is 10.7. The summed E-state index contributed by atoms with van der Waals surface area (Å²) >= 11 is 0. The Balaban J connectivity index is 0.660. The fraction of sp³-hybridized carbons (Fsp3) is 0.317. The highest BCUT2D eigenvalue weighted by atomic mass is 19.1. The highest BCUT2D eigenvalue weighted by molar-refractivity contribution is 5.88. The molecule has 0 amide bonds. The molecule has 12 rings (SSSR count). The summed E-state index contributed by atoms with van der Waals surface area (Å²) in [7, 11) is 3.74. The van der Waals surface area contributed by atoms with Crippen LogP contribution in [0, 0.1) is 34.3 Å². The molecule has 0 radical (unpaired) electrons. The molecule has 8 aromatic rings. The van der Waals surface area contributed by atoms with Gasteiger partial charge in [0, 0.05) is 163 Å². The third kappa shape index (κ3) is 10.4. The Kier molecular flexibility index (Phi) is 14.2. The highest BCUT2D eigenvalue weighted by Crippen LogP contribution is 2.35. The third-order valence-electron chi connectivity index (χ3n) is 15.8. The van der Waals surface area contributed by atoms with E-state index in [1.165, 1.54) is 17.7 Å². The second-order valence-corrected chi connectivity index (χ2v) is 20.8. The fourth-order valence-electron chi connectivity index (χ4n) is 11.3. The Labute approximate surface area is 451 Å². The van der Waals surface area contributed by atoms with Crippen molar-refractivity contribution in [3.63, 3.8) is 0 Å². The molecule has 0 spiro atoms. The van der Waals surface area contributed by atoms with Crippen molar-refractivity contribution in [3.8, 4) is 40.3 Å². The van der Waals surface area contributed by atoms with Crippen LogP contribution in [-0.2, 0) is 19.6 Å². The van der Waals surface area contributed by atoms with E-state index in [4.69, 9.17) is 14.7 Å². The van der Waals surface area contributed by atoms with E-state index in [2.05, 4.69) is 106 Å². The van der Waals surface area contributed by atoms with E-state index in [0.717, 1.165) is 126 Å². The number of pyridine rings is 5. The summed E-state index contributed by atoms with van der Waals surface area (Å²) in [4.78, 5) is 27.6. The number of nitriles is 2. The van der Waals surface area contributed by atoms with Gasteiger partial charge >= 0.3 is 0 Å². The predicted molar refractivity (Wildman–Crippen MR) is 296 cm³/mol. The molecule has 7 aromatic heterocycles. The maximum absolute atomic E-state index is 15.9. The quantitative estimate of drug-likeness (QED) is 0.109. The van der Waals surface area contributed by atoms with Crippen LogP contribution < -0.4 is 14.5 Å². The average Bonchev–Trinajstić information content (AvgIpc) is 4.21. The number of hydrogen-bond donors (Lipinski definition) is 0. The summed E-state index contributed by atoms with van der Waals surface area (Å²) < 4.78 is 40.5. The molecular formula is C60H59F2N15O. The Hall–Kier alpha value is -8.39. The maximum Gasteiger partial charge on any atom is 0.212 e. The van der Waals surface area contributed by atoms with Gasteiger partial charge in [-0.2, -0.15) is 20.7 Å². The van der Waals surface area contributed by atoms with Crippen molar-refractivity contribution in [2.24, 2.45) is 0 Å². The molecule has 2 saturated heterocycles. The van der Waals surface area contributed by atoms with Gasteiger partial charge in [0.15, 0.2) is 0 Å². The molecule has 11 heterocycles. The van der Waals surface area contributed by atoms with Gasteiger partial charge in [0.2, 0.25) is 5.88 Å². The van der Waals surface area contributed by atoms with Crippen LogP contribution in [0.3, 0.4) is 0 Å². The van der Waals surface area contributed by atoms with E-state index in [-0.39, 0.29) is 12.1 Å². The van der Waals surface area contributed by atoms with Crippen molar-refractivity contribution < 1.29 is 13.5 Å². The van der Waals surface area contributed by atoms with E-state index >= 15 is 8.78 Å². The minimum Gasteiger partial charge on any atom is -0.481 e. The number of nitrogens with zero attached hydrogens (tertiary/aromatic N) is 15. The fourth-order valence-corrected chi connectivity index (χ4v) is 11.3.